The van der Waals surface area contributed by atoms with Gasteiger partial charge in [-0.3, -0.25) is 4.79 Å². The number of aliphatic imine (C=N–C) groups is 1. The molecule has 0 N–H and O–H groups in total. The van der Waals surface area contributed by atoms with Crippen molar-refractivity contribution < 1.29 is 9.18 Å². The van der Waals surface area contributed by atoms with Gasteiger partial charge in [-0.05, 0) is 55.2 Å². The summed E-state index contributed by atoms with van der Waals surface area (Å²) in [5.41, 5.74) is 3.91. The molecule has 1 aromatic carbocycles. The van der Waals surface area contributed by atoms with Gasteiger partial charge in [0.1, 0.15) is 11.7 Å². The highest BCUT2D eigenvalue weighted by Crippen LogP contribution is 2.31. The summed E-state index contributed by atoms with van der Waals surface area (Å²) in [4.78, 5) is 31.0. The summed E-state index contributed by atoms with van der Waals surface area (Å²) in [5.74, 6) is 0.483. The minimum Gasteiger partial charge on any atom is -0.348 e. The first-order valence-electron chi connectivity index (χ1n) is 13.2. The van der Waals surface area contributed by atoms with E-state index in [1.807, 2.05) is 15.9 Å². The molecule has 0 atom stereocenters. The first-order chi connectivity index (χ1) is 18.1. The van der Waals surface area contributed by atoms with E-state index in [1.165, 1.54) is 29.9 Å². The second-order valence-electron chi connectivity index (χ2n) is 9.63. The molecule has 5 rings (SSSR count). The third kappa shape index (κ3) is 5.69. The molecule has 3 aliphatic rings. The maximum Gasteiger partial charge on any atom is 0.242 e. The molecule has 0 bridgehead atoms. The van der Waals surface area contributed by atoms with E-state index in [0.717, 1.165) is 60.0 Å². The van der Waals surface area contributed by atoms with Gasteiger partial charge < -0.3 is 14.7 Å². The molecule has 0 spiro atoms. The fourth-order valence-corrected chi connectivity index (χ4v) is 6.28. The number of anilines is 1. The molecular formula is C29H34FN5OS. The molecule has 37 heavy (non-hydrogen) atoms. The number of hydrogen-bond donors (Lipinski definition) is 0. The van der Waals surface area contributed by atoms with Crippen LogP contribution in [0.5, 0.6) is 0 Å². The molecule has 2 aromatic rings. The Balaban J connectivity index is 1.29. The van der Waals surface area contributed by atoms with Gasteiger partial charge in [0.15, 0.2) is 5.13 Å². The van der Waals surface area contributed by atoms with E-state index < -0.39 is 0 Å². The summed E-state index contributed by atoms with van der Waals surface area (Å²) in [6.07, 6.45) is 10.7. The molecule has 1 saturated heterocycles. The Morgan fingerprint density at radius 1 is 1.14 bits per heavy atom. The fraction of sp³-hybridized carbons (Fsp3) is 0.414. The summed E-state index contributed by atoms with van der Waals surface area (Å²) < 4.78 is 13.6. The van der Waals surface area contributed by atoms with Crippen LogP contribution in [0, 0.1) is 5.82 Å². The molecular weight excluding hydrogens is 485 g/mol. The summed E-state index contributed by atoms with van der Waals surface area (Å²) in [7, 11) is 0. The lowest BCUT2D eigenvalue weighted by Crippen LogP contribution is -2.45. The molecule has 1 amide bonds. The van der Waals surface area contributed by atoms with Gasteiger partial charge in [0.25, 0.3) is 0 Å². The van der Waals surface area contributed by atoms with Crippen molar-refractivity contribution in [3.8, 4) is 0 Å². The zero-order valence-corrected chi connectivity index (χ0v) is 22.3. The van der Waals surface area contributed by atoms with Gasteiger partial charge in [-0.25, -0.2) is 14.4 Å². The number of hydrogen-bond acceptors (Lipinski definition) is 6. The van der Waals surface area contributed by atoms with E-state index in [4.69, 9.17) is 9.98 Å². The van der Waals surface area contributed by atoms with Crippen LogP contribution in [0.1, 0.15) is 42.3 Å². The van der Waals surface area contributed by atoms with Crippen molar-refractivity contribution in [1.29, 1.82) is 0 Å². The minimum atomic E-state index is -0.294. The number of aromatic nitrogens is 1. The Morgan fingerprint density at radius 2 is 1.89 bits per heavy atom. The lowest BCUT2D eigenvalue weighted by atomic mass is 10.1. The third-order valence-corrected chi connectivity index (χ3v) is 8.43. The summed E-state index contributed by atoms with van der Waals surface area (Å²) in [6, 6.07) is 6.33. The first kappa shape index (κ1) is 25.4. The van der Waals surface area contributed by atoms with Crippen molar-refractivity contribution in [1.82, 2.24) is 14.8 Å². The molecule has 4 heterocycles. The van der Waals surface area contributed by atoms with Crippen LogP contribution < -0.4 is 4.90 Å². The second-order valence-corrected chi connectivity index (χ2v) is 10.7. The summed E-state index contributed by atoms with van der Waals surface area (Å²) >= 11 is 1.80. The number of amidine groups is 1. The van der Waals surface area contributed by atoms with Crippen LogP contribution in [0.15, 0.2) is 65.3 Å². The monoisotopic (exact) mass is 519 g/mol. The highest BCUT2D eigenvalue weighted by atomic mass is 32.1. The van der Waals surface area contributed by atoms with Gasteiger partial charge in [0.2, 0.25) is 5.91 Å². The fourth-order valence-electron chi connectivity index (χ4n) is 5.13. The van der Waals surface area contributed by atoms with E-state index in [1.54, 1.807) is 29.5 Å². The molecule has 8 heteroatoms. The summed E-state index contributed by atoms with van der Waals surface area (Å²) in [6.45, 7) is 10.3. The van der Waals surface area contributed by atoms with Crippen molar-refractivity contribution in [3.63, 3.8) is 0 Å². The molecule has 1 fully saturated rings. The SMILES string of the molecule is C=CC=C(CC)C1=CCN(CC(=O)N2CCc3nc(N4CCCC4)sc3CC2)C(c2ccc(F)cc2)=N1. The number of fused-ring (bicyclic) bond motifs is 1. The largest absolute Gasteiger partial charge is 0.348 e. The Morgan fingerprint density at radius 3 is 2.62 bits per heavy atom. The van der Waals surface area contributed by atoms with Crippen molar-refractivity contribution in [2.24, 2.45) is 4.99 Å². The number of halogens is 1. The smallest absolute Gasteiger partial charge is 0.242 e. The molecule has 0 aliphatic carbocycles. The van der Waals surface area contributed by atoms with Crippen LogP contribution in [-0.2, 0) is 17.6 Å². The average molecular weight is 520 g/mol. The predicted molar refractivity (Wildman–Crippen MR) is 149 cm³/mol. The highest BCUT2D eigenvalue weighted by Gasteiger charge is 2.27. The molecule has 0 radical (unpaired) electrons. The Labute approximate surface area is 222 Å². The van der Waals surface area contributed by atoms with Crippen molar-refractivity contribution in [2.45, 2.75) is 39.0 Å². The maximum atomic E-state index is 13.6. The van der Waals surface area contributed by atoms with Crippen LogP contribution in [0.4, 0.5) is 9.52 Å². The molecule has 0 unspecified atom stereocenters. The van der Waals surface area contributed by atoms with Crippen LogP contribution in [0.2, 0.25) is 0 Å². The molecule has 6 nitrogen and oxygen atoms in total. The maximum absolute atomic E-state index is 13.6. The zero-order valence-electron chi connectivity index (χ0n) is 21.5. The standard InChI is InChI=1S/C29H34FN5OS/c1-3-7-21(4-2)24-12-18-35(28(31-24)22-8-10-23(30)11-9-22)20-27(36)33-17-13-25-26(14-19-33)37-29(32-25)34-15-5-6-16-34/h3,7-12H,1,4-6,13-20H2,2H3. The van der Waals surface area contributed by atoms with Crippen molar-refractivity contribution in [3.05, 3.63) is 82.3 Å². The van der Waals surface area contributed by atoms with Crippen LogP contribution in [0.25, 0.3) is 0 Å². The minimum absolute atomic E-state index is 0.0823. The number of carbonyl (C=O) groups excluding carboxylic acids is 1. The van der Waals surface area contributed by atoms with Gasteiger partial charge in [-0.15, -0.1) is 11.3 Å². The number of rotatable bonds is 7. The highest BCUT2D eigenvalue weighted by molar-refractivity contribution is 7.15. The first-order valence-corrected chi connectivity index (χ1v) is 14.0. The number of thiazole rings is 1. The number of nitrogens with zero attached hydrogens (tertiary/aromatic N) is 5. The van der Waals surface area contributed by atoms with Gasteiger partial charge >= 0.3 is 0 Å². The van der Waals surface area contributed by atoms with Gasteiger partial charge in [0.05, 0.1) is 17.9 Å². The van der Waals surface area contributed by atoms with E-state index in [0.29, 0.717) is 25.5 Å². The van der Waals surface area contributed by atoms with Gasteiger partial charge in [-0.2, -0.15) is 0 Å². The Hall–Kier alpha value is -3.26. The number of allylic oxidation sites excluding steroid dienone is 3. The molecule has 0 saturated carbocycles. The molecule has 3 aliphatic heterocycles. The number of benzene rings is 1. The zero-order chi connectivity index (χ0) is 25.8. The Bertz CT molecular complexity index is 1210. The average Bonchev–Trinajstić information content (AvgIpc) is 3.55. The number of carbonyl (C=O) groups is 1. The van der Waals surface area contributed by atoms with Gasteiger partial charge in [-0.1, -0.05) is 25.7 Å². The van der Waals surface area contributed by atoms with Crippen LogP contribution in [-0.4, -0.2) is 65.8 Å². The van der Waals surface area contributed by atoms with Crippen molar-refractivity contribution >= 4 is 28.2 Å². The topological polar surface area (TPSA) is 52.0 Å². The normalized spacial score (nSPS) is 18.3. The quantitative estimate of drug-likeness (QED) is 0.485. The van der Waals surface area contributed by atoms with E-state index >= 15 is 0 Å². The van der Waals surface area contributed by atoms with Crippen LogP contribution >= 0.6 is 11.3 Å². The van der Waals surface area contributed by atoms with Crippen LogP contribution in [0.3, 0.4) is 0 Å². The van der Waals surface area contributed by atoms with E-state index in [2.05, 4.69) is 24.5 Å². The predicted octanol–water partition coefficient (Wildman–Crippen LogP) is 4.98. The summed E-state index contributed by atoms with van der Waals surface area (Å²) in [5, 5.41) is 1.15. The lowest BCUT2D eigenvalue weighted by Gasteiger charge is -2.31. The Kier molecular flexibility index (Phi) is 7.84. The van der Waals surface area contributed by atoms with E-state index in [-0.39, 0.29) is 18.3 Å². The third-order valence-electron chi connectivity index (χ3n) is 7.21. The van der Waals surface area contributed by atoms with Crippen molar-refractivity contribution in [2.75, 3.05) is 44.2 Å². The van der Waals surface area contributed by atoms with Gasteiger partial charge in [0, 0.05) is 56.0 Å². The number of amides is 1. The van der Waals surface area contributed by atoms with E-state index in [9.17, 15) is 9.18 Å². The molecule has 194 valence electrons. The molecule has 1 aromatic heterocycles. The lowest BCUT2D eigenvalue weighted by molar-refractivity contribution is -0.131. The second kappa shape index (κ2) is 11.4.